The average Bonchev–Trinajstić information content (AvgIpc) is 2.64. The van der Waals surface area contributed by atoms with E-state index in [4.69, 9.17) is 23.2 Å². The Morgan fingerprint density at radius 3 is 2.43 bits per heavy atom. The summed E-state index contributed by atoms with van der Waals surface area (Å²) in [5.74, 6) is 0. The first-order valence-corrected chi connectivity index (χ1v) is 8.40. The lowest BCUT2D eigenvalue weighted by molar-refractivity contribution is 0.581. The fraction of sp³-hybridized carbons (Fsp3) is 0.308. The lowest BCUT2D eigenvalue weighted by Crippen LogP contribution is -2.23. The molecule has 0 aliphatic rings. The third kappa shape index (κ3) is 3.40. The van der Waals surface area contributed by atoms with Crippen LogP contribution in [0.5, 0.6) is 0 Å². The summed E-state index contributed by atoms with van der Waals surface area (Å²) in [4.78, 5) is 0.0797. The minimum Gasteiger partial charge on any atom is -0.272 e. The number of benzene rings is 1. The zero-order valence-electron chi connectivity index (χ0n) is 11.8. The van der Waals surface area contributed by atoms with Crippen molar-refractivity contribution in [2.45, 2.75) is 25.3 Å². The molecule has 5 nitrogen and oxygen atoms in total. The first-order valence-electron chi connectivity index (χ1n) is 6.16. The van der Waals surface area contributed by atoms with Gasteiger partial charge in [-0.1, -0.05) is 23.2 Å². The van der Waals surface area contributed by atoms with E-state index in [2.05, 4.69) is 9.82 Å². The molecule has 21 heavy (non-hydrogen) atoms. The number of hydrogen-bond acceptors (Lipinski definition) is 3. The van der Waals surface area contributed by atoms with Gasteiger partial charge < -0.3 is 0 Å². The van der Waals surface area contributed by atoms with Gasteiger partial charge in [-0.15, -0.1) is 0 Å². The minimum atomic E-state index is -3.65. The van der Waals surface area contributed by atoms with Crippen LogP contribution in [-0.4, -0.2) is 18.2 Å². The van der Waals surface area contributed by atoms with Crippen molar-refractivity contribution in [3.05, 3.63) is 45.2 Å². The summed E-state index contributed by atoms with van der Waals surface area (Å²) in [5, 5.41) is 4.77. The summed E-state index contributed by atoms with van der Waals surface area (Å²) in [6.07, 6.45) is 0. The van der Waals surface area contributed by atoms with E-state index in [1.807, 2.05) is 20.9 Å². The van der Waals surface area contributed by atoms with Gasteiger partial charge in [0.15, 0.2) is 0 Å². The van der Waals surface area contributed by atoms with Crippen molar-refractivity contribution in [1.29, 1.82) is 0 Å². The van der Waals surface area contributed by atoms with Crippen molar-refractivity contribution in [3.63, 3.8) is 0 Å². The molecule has 0 amide bonds. The van der Waals surface area contributed by atoms with Crippen molar-refractivity contribution in [3.8, 4) is 0 Å². The second-order valence-corrected chi connectivity index (χ2v) is 7.25. The largest absolute Gasteiger partial charge is 0.272 e. The monoisotopic (exact) mass is 347 g/mol. The predicted octanol–water partition coefficient (Wildman–Crippen LogP) is 2.82. The summed E-state index contributed by atoms with van der Waals surface area (Å²) in [6.45, 7) is 3.91. The lowest BCUT2D eigenvalue weighted by Gasteiger charge is -2.08. The molecule has 1 heterocycles. The molecule has 0 unspecified atom stereocenters. The molecule has 2 aromatic rings. The van der Waals surface area contributed by atoms with Gasteiger partial charge in [0.1, 0.15) is 0 Å². The van der Waals surface area contributed by atoms with E-state index < -0.39 is 10.0 Å². The van der Waals surface area contributed by atoms with Crippen LogP contribution in [0.2, 0.25) is 10.0 Å². The molecular formula is C13H15Cl2N3O2S. The van der Waals surface area contributed by atoms with Gasteiger partial charge in [-0.05, 0) is 32.0 Å². The normalized spacial score (nSPS) is 11.9. The zero-order chi connectivity index (χ0) is 15.8. The fourth-order valence-electron chi connectivity index (χ4n) is 1.97. The Morgan fingerprint density at radius 1 is 1.24 bits per heavy atom. The Kier molecular flexibility index (Phi) is 4.63. The molecule has 1 aromatic carbocycles. The van der Waals surface area contributed by atoms with Crippen LogP contribution in [0.1, 0.15) is 17.0 Å². The van der Waals surface area contributed by atoms with Gasteiger partial charge in [0.25, 0.3) is 0 Å². The van der Waals surface area contributed by atoms with Gasteiger partial charge >= 0.3 is 0 Å². The molecule has 1 N–H and O–H groups in total. The number of aromatic nitrogens is 2. The Balaban J connectivity index is 2.23. The van der Waals surface area contributed by atoms with Crippen LogP contribution in [-0.2, 0) is 23.6 Å². The molecule has 1 aromatic heterocycles. The Bertz CT molecular complexity index is 785. The molecule has 0 bridgehead atoms. The second kappa shape index (κ2) is 5.96. The first-order chi connectivity index (χ1) is 9.72. The van der Waals surface area contributed by atoms with Crippen LogP contribution in [0.25, 0.3) is 0 Å². The molecule has 0 radical (unpaired) electrons. The van der Waals surface area contributed by atoms with Crippen molar-refractivity contribution < 1.29 is 8.42 Å². The van der Waals surface area contributed by atoms with Gasteiger partial charge in [-0.3, -0.25) is 4.68 Å². The molecule has 0 fully saturated rings. The van der Waals surface area contributed by atoms with E-state index in [1.165, 1.54) is 18.2 Å². The van der Waals surface area contributed by atoms with Crippen LogP contribution in [0.15, 0.2) is 23.1 Å². The molecule has 114 valence electrons. The number of sulfonamides is 1. The average molecular weight is 348 g/mol. The van der Waals surface area contributed by atoms with Crippen LogP contribution in [0.4, 0.5) is 0 Å². The standard InChI is InChI=1S/C13H15Cl2N3O2S/c1-8-11(9(2)18(3)17-8)7-16-21(19,20)10-4-5-12(14)13(15)6-10/h4-6,16H,7H2,1-3H3. The summed E-state index contributed by atoms with van der Waals surface area (Å²) in [5.41, 5.74) is 2.58. The highest BCUT2D eigenvalue weighted by atomic mass is 35.5. The van der Waals surface area contributed by atoms with Gasteiger partial charge in [0.2, 0.25) is 10.0 Å². The number of hydrogen-bond donors (Lipinski definition) is 1. The highest BCUT2D eigenvalue weighted by molar-refractivity contribution is 7.89. The summed E-state index contributed by atoms with van der Waals surface area (Å²) in [7, 11) is -1.83. The fourth-order valence-corrected chi connectivity index (χ4v) is 3.35. The third-order valence-electron chi connectivity index (χ3n) is 3.30. The number of nitrogens with one attached hydrogen (secondary N) is 1. The van der Waals surface area contributed by atoms with Crippen LogP contribution >= 0.6 is 23.2 Å². The number of halogens is 2. The number of rotatable bonds is 4. The third-order valence-corrected chi connectivity index (χ3v) is 5.44. The minimum absolute atomic E-state index is 0.0797. The Morgan fingerprint density at radius 2 is 1.90 bits per heavy atom. The topological polar surface area (TPSA) is 64.0 Å². The zero-order valence-corrected chi connectivity index (χ0v) is 14.1. The van der Waals surface area contributed by atoms with Crippen molar-refractivity contribution in [2.24, 2.45) is 7.05 Å². The quantitative estimate of drug-likeness (QED) is 0.924. The van der Waals surface area contributed by atoms with E-state index in [-0.39, 0.29) is 16.5 Å². The lowest BCUT2D eigenvalue weighted by atomic mass is 10.2. The van der Waals surface area contributed by atoms with Crippen molar-refractivity contribution >= 4 is 33.2 Å². The highest BCUT2D eigenvalue weighted by Crippen LogP contribution is 2.25. The second-order valence-electron chi connectivity index (χ2n) is 4.67. The van der Waals surface area contributed by atoms with Crippen molar-refractivity contribution in [2.75, 3.05) is 0 Å². The molecule has 0 spiro atoms. The molecule has 8 heteroatoms. The maximum absolute atomic E-state index is 12.3. The van der Waals surface area contributed by atoms with E-state index in [1.54, 1.807) is 4.68 Å². The maximum Gasteiger partial charge on any atom is 0.240 e. The number of aryl methyl sites for hydroxylation is 2. The van der Waals surface area contributed by atoms with Gasteiger partial charge in [0.05, 0.1) is 20.6 Å². The van der Waals surface area contributed by atoms with E-state index in [0.717, 1.165) is 17.0 Å². The number of nitrogens with zero attached hydrogens (tertiary/aromatic N) is 2. The van der Waals surface area contributed by atoms with Gasteiger partial charge in [-0.2, -0.15) is 5.10 Å². The predicted molar refractivity (Wildman–Crippen MR) is 83.2 cm³/mol. The SMILES string of the molecule is Cc1nn(C)c(C)c1CNS(=O)(=O)c1ccc(Cl)c(Cl)c1. The van der Waals surface area contributed by atoms with Crippen LogP contribution < -0.4 is 4.72 Å². The molecule has 0 saturated heterocycles. The Hall–Kier alpha value is -1.08. The van der Waals surface area contributed by atoms with E-state index >= 15 is 0 Å². The van der Waals surface area contributed by atoms with E-state index in [0.29, 0.717) is 5.02 Å². The Labute approximate surface area is 133 Å². The smallest absolute Gasteiger partial charge is 0.240 e. The molecule has 0 saturated carbocycles. The molecule has 0 atom stereocenters. The summed E-state index contributed by atoms with van der Waals surface area (Å²) >= 11 is 11.6. The molecule has 2 rings (SSSR count). The van der Waals surface area contributed by atoms with Gasteiger partial charge in [0, 0.05) is 24.8 Å². The molecular weight excluding hydrogens is 333 g/mol. The first kappa shape index (κ1) is 16.3. The summed E-state index contributed by atoms with van der Waals surface area (Å²) in [6, 6.07) is 4.20. The summed E-state index contributed by atoms with van der Waals surface area (Å²) < 4.78 is 28.8. The van der Waals surface area contributed by atoms with Crippen molar-refractivity contribution in [1.82, 2.24) is 14.5 Å². The van der Waals surface area contributed by atoms with Gasteiger partial charge in [-0.25, -0.2) is 13.1 Å². The van der Waals surface area contributed by atoms with Crippen LogP contribution in [0.3, 0.4) is 0 Å². The van der Waals surface area contributed by atoms with Crippen LogP contribution in [0, 0.1) is 13.8 Å². The molecule has 0 aliphatic carbocycles. The van der Waals surface area contributed by atoms with E-state index in [9.17, 15) is 8.42 Å². The highest BCUT2D eigenvalue weighted by Gasteiger charge is 2.17. The molecule has 0 aliphatic heterocycles. The maximum atomic E-state index is 12.3.